The lowest BCUT2D eigenvalue weighted by Crippen LogP contribution is -2.54. The van der Waals surface area contributed by atoms with E-state index in [1.54, 1.807) is 11.9 Å². The standard InChI is InChI=1S/C22H27N2O3/c1-17-7-6-14-24(17,16-25)22(27)13-12-21(26)23(2)15-19-10-5-9-18-8-3-4-11-20(18)19/h3-5,8-11,16-17H,6-7,12-15H2,1-2H3/q+1/t17-,24?/m1/s1. The molecule has 5 nitrogen and oxygen atoms in total. The Morgan fingerprint density at radius 1 is 1.15 bits per heavy atom. The molecule has 0 spiro atoms. The topological polar surface area (TPSA) is 54.5 Å². The third-order valence-electron chi connectivity index (χ3n) is 5.85. The van der Waals surface area contributed by atoms with E-state index in [9.17, 15) is 14.4 Å². The van der Waals surface area contributed by atoms with Gasteiger partial charge in [-0.25, -0.2) is 9.59 Å². The zero-order valence-corrected chi connectivity index (χ0v) is 16.1. The summed E-state index contributed by atoms with van der Waals surface area (Å²) in [5, 5.41) is 2.28. The molecule has 0 radical (unpaired) electrons. The maximum atomic E-state index is 12.6. The summed E-state index contributed by atoms with van der Waals surface area (Å²) >= 11 is 0. The molecule has 1 saturated heterocycles. The first-order valence-corrected chi connectivity index (χ1v) is 9.55. The molecule has 3 amide bonds. The van der Waals surface area contributed by atoms with Gasteiger partial charge in [-0.05, 0) is 23.3 Å². The van der Waals surface area contributed by atoms with Crippen molar-refractivity contribution in [2.75, 3.05) is 13.6 Å². The summed E-state index contributed by atoms with van der Waals surface area (Å²) in [5.41, 5.74) is 1.08. The normalized spacial score (nSPS) is 21.9. The Bertz CT molecular complexity index is 858. The number of quaternary nitrogens is 1. The maximum absolute atomic E-state index is 12.6. The Morgan fingerprint density at radius 3 is 2.59 bits per heavy atom. The molecule has 5 heteroatoms. The highest BCUT2D eigenvalue weighted by Crippen LogP contribution is 2.27. The molecule has 0 aliphatic carbocycles. The van der Waals surface area contributed by atoms with Gasteiger partial charge in [-0.1, -0.05) is 42.5 Å². The molecule has 0 N–H and O–H groups in total. The predicted molar refractivity (Wildman–Crippen MR) is 105 cm³/mol. The van der Waals surface area contributed by atoms with E-state index >= 15 is 0 Å². The number of rotatable bonds is 6. The summed E-state index contributed by atoms with van der Waals surface area (Å²) in [6.07, 6.45) is 2.77. The summed E-state index contributed by atoms with van der Waals surface area (Å²) in [4.78, 5) is 38.4. The summed E-state index contributed by atoms with van der Waals surface area (Å²) in [6.45, 7) is 3.00. The van der Waals surface area contributed by atoms with Crippen LogP contribution in [-0.4, -0.2) is 47.2 Å². The van der Waals surface area contributed by atoms with Crippen LogP contribution >= 0.6 is 0 Å². The second-order valence-electron chi connectivity index (χ2n) is 7.53. The average molecular weight is 367 g/mol. The monoisotopic (exact) mass is 367 g/mol. The van der Waals surface area contributed by atoms with Gasteiger partial charge >= 0.3 is 12.3 Å². The Hall–Kier alpha value is -2.53. The number of imide groups is 1. The molecule has 1 aliphatic rings. The highest BCUT2D eigenvalue weighted by molar-refractivity contribution is 5.87. The van der Waals surface area contributed by atoms with Crippen molar-refractivity contribution in [2.45, 2.75) is 45.2 Å². The van der Waals surface area contributed by atoms with Crippen LogP contribution in [0.5, 0.6) is 0 Å². The highest BCUT2D eigenvalue weighted by atomic mass is 16.2. The molecule has 1 fully saturated rings. The van der Waals surface area contributed by atoms with Crippen molar-refractivity contribution in [1.82, 2.24) is 4.90 Å². The number of benzene rings is 2. The summed E-state index contributed by atoms with van der Waals surface area (Å²) in [7, 11) is 1.76. The lowest BCUT2D eigenvalue weighted by molar-refractivity contribution is -0.780. The van der Waals surface area contributed by atoms with Crippen molar-refractivity contribution in [3.63, 3.8) is 0 Å². The van der Waals surface area contributed by atoms with E-state index < -0.39 is 0 Å². The number of carbonyl (C=O) groups excluding carboxylic acids is 3. The van der Waals surface area contributed by atoms with Crippen LogP contribution in [0.25, 0.3) is 10.8 Å². The van der Waals surface area contributed by atoms with Crippen LogP contribution in [-0.2, 0) is 20.9 Å². The Kier molecular flexibility index (Phi) is 5.71. The molecule has 1 unspecified atom stereocenters. The van der Waals surface area contributed by atoms with Crippen LogP contribution in [0.4, 0.5) is 0 Å². The number of amides is 3. The first kappa shape index (κ1) is 19.2. The molecule has 0 bridgehead atoms. The molecule has 0 saturated carbocycles. The maximum Gasteiger partial charge on any atom is 0.321 e. The third-order valence-corrected chi connectivity index (χ3v) is 5.85. The Morgan fingerprint density at radius 2 is 1.89 bits per heavy atom. The second-order valence-corrected chi connectivity index (χ2v) is 7.53. The SMILES string of the molecule is C[C@@H]1CCC[N+]1(C=O)C(=O)CCC(=O)N(C)Cc1cccc2ccccc12. The summed E-state index contributed by atoms with van der Waals surface area (Å²) in [5.74, 6) is -0.214. The summed E-state index contributed by atoms with van der Waals surface area (Å²) < 4.78 is -0.125. The molecule has 2 aromatic carbocycles. The van der Waals surface area contributed by atoms with Crippen LogP contribution in [0.2, 0.25) is 0 Å². The number of fused-ring (bicyclic) bond motifs is 1. The minimum Gasteiger partial charge on any atom is -0.341 e. The van der Waals surface area contributed by atoms with Gasteiger partial charge < -0.3 is 4.90 Å². The number of hydrogen-bond acceptors (Lipinski definition) is 3. The van der Waals surface area contributed by atoms with E-state index in [0.29, 0.717) is 13.1 Å². The first-order valence-electron chi connectivity index (χ1n) is 9.55. The van der Waals surface area contributed by atoms with E-state index in [2.05, 4.69) is 18.2 Å². The van der Waals surface area contributed by atoms with E-state index in [4.69, 9.17) is 0 Å². The molecule has 2 aromatic rings. The number of likely N-dealkylation sites (tertiary alicyclic amines) is 1. The van der Waals surface area contributed by atoms with Crippen LogP contribution in [0.15, 0.2) is 42.5 Å². The fraction of sp³-hybridized carbons (Fsp3) is 0.409. The fourth-order valence-corrected chi connectivity index (χ4v) is 4.07. The number of carbonyl (C=O) groups is 3. The fourth-order valence-electron chi connectivity index (χ4n) is 4.07. The third kappa shape index (κ3) is 3.78. The molecular weight excluding hydrogens is 340 g/mol. The smallest absolute Gasteiger partial charge is 0.321 e. The first-order chi connectivity index (χ1) is 13.0. The minimum atomic E-state index is -0.137. The number of nitrogens with zero attached hydrogens (tertiary/aromatic N) is 2. The van der Waals surface area contributed by atoms with E-state index in [1.807, 2.05) is 31.2 Å². The van der Waals surface area contributed by atoms with Gasteiger partial charge in [-0.15, -0.1) is 0 Å². The van der Waals surface area contributed by atoms with Crippen molar-refractivity contribution >= 4 is 29.0 Å². The molecule has 27 heavy (non-hydrogen) atoms. The van der Waals surface area contributed by atoms with Gasteiger partial charge in [0.25, 0.3) is 0 Å². The largest absolute Gasteiger partial charge is 0.341 e. The molecule has 3 rings (SSSR count). The lowest BCUT2D eigenvalue weighted by atomic mass is 10.0. The van der Waals surface area contributed by atoms with E-state index in [0.717, 1.165) is 35.6 Å². The van der Waals surface area contributed by atoms with Gasteiger partial charge in [0.1, 0.15) is 6.04 Å². The Balaban J connectivity index is 1.62. The summed E-state index contributed by atoms with van der Waals surface area (Å²) in [6, 6.07) is 14.2. The van der Waals surface area contributed by atoms with Gasteiger partial charge in [0, 0.05) is 32.9 Å². The minimum absolute atomic E-state index is 0.0125. The van der Waals surface area contributed by atoms with Crippen LogP contribution in [0.3, 0.4) is 0 Å². The van der Waals surface area contributed by atoms with Crippen molar-refractivity contribution in [3.05, 3.63) is 48.0 Å². The van der Waals surface area contributed by atoms with Crippen molar-refractivity contribution in [1.29, 1.82) is 0 Å². The number of hydrogen-bond donors (Lipinski definition) is 0. The zero-order valence-electron chi connectivity index (χ0n) is 16.1. The molecule has 0 aromatic heterocycles. The van der Waals surface area contributed by atoms with Gasteiger partial charge in [0.15, 0.2) is 0 Å². The van der Waals surface area contributed by atoms with Crippen molar-refractivity contribution < 1.29 is 18.9 Å². The van der Waals surface area contributed by atoms with E-state index in [-0.39, 0.29) is 35.2 Å². The Labute approximate surface area is 160 Å². The van der Waals surface area contributed by atoms with Gasteiger partial charge in [-0.3, -0.25) is 4.79 Å². The second kappa shape index (κ2) is 8.01. The zero-order chi connectivity index (χ0) is 19.4. The molecule has 1 heterocycles. The van der Waals surface area contributed by atoms with Crippen molar-refractivity contribution in [2.24, 2.45) is 0 Å². The van der Waals surface area contributed by atoms with Gasteiger partial charge in [-0.2, -0.15) is 4.48 Å². The van der Waals surface area contributed by atoms with Crippen LogP contribution < -0.4 is 0 Å². The van der Waals surface area contributed by atoms with Crippen LogP contribution in [0.1, 0.15) is 38.2 Å². The molecule has 1 aliphatic heterocycles. The lowest BCUT2D eigenvalue weighted by Gasteiger charge is -2.28. The molecule has 2 atom stereocenters. The molecular formula is C22H27N2O3+. The quantitative estimate of drug-likeness (QED) is 0.582. The van der Waals surface area contributed by atoms with Gasteiger partial charge in [0.2, 0.25) is 5.91 Å². The van der Waals surface area contributed by atoms with Gasteiger partial charge in [0.05, 0.1) is 13.0 Å². The predicted octanol–water partition coefficient (Wildman–Crippen LogP) is 3.26. The van der Waals surface area contributed by atoms with E-state index in [1.165, 1.54) is 0 Å². The highest BCUT2D eigenvalue weighted by Gasteiger charge is 2.45. The van der Waals surface area contributed by atoms with Crippen molar-refractivity contribution in [3.8, 4) is 0 Å². The van der Waals surface area contributed by atoms with Crippen LogP contribution in [0, 0.1) is 0 Å². The molecule has 142 valence electrons. The average Bonchev–Trinajstić information content (AvgIpc) is 3.07.